The third kappa shape index (κ3) is 2.14. The minimum atomic E-state index is -0.0278. The van der Waals surface area contributed by atoms with E-state index in [1.54, 1.807) is 11.8 Å². The Kier molecular flexibility index (Phi) is 3.06. The fourth-order valence-electron chi connectivity index (χ4n) is 2.14. The molecule has 0 bridgehead atoms. The molecule has 2 heterocycles. The lowest BCUT2D eigenvalue weighted by atomic mass is 10.2. The number of hydrogen-bond donors (Lipinski definition) is 0. The monoisotopic (exact) mass is 273 g/mol. The van der Waals surface area contributed by atoms with Gasteiger partial charge in [0.2, 0.25) is 0 Å². The molecule has 98 valence electrons. The van der Waals surface area contributed by atoms with Crippen LogP contribution >= 0.6 is 11.8 Å². The number of anilines is 1. The van der Waals surface area contributed by atoms with Crippen molar-refractivity contribution in [2.45, 2.75) is 6.92 Å². The molecular formula is C14H15N3OS. The number of carbonyl (C=O) groups excluding carboxylic acids is 1. The van der Waals surface area contributed by atoms with Gasteiger partial charge in [0, 0.05) is 13.1 Å². The van der Waals surface area contributed by atoms with E-state index in [9.17, 15) is 4.79 Å². The summed E-state index contributed by atoms with van der Waals surface area (Å²) in [6, 6.07) is 9.55. The molecule has 0 aliphatic carbocycles. The Bertz CT molecular complexity index is 576. The van der Waals surface area contributed by atoms with E-state index in [2.05, 4.69) is 10.0 Å². The average molecular weight is 273 g/mol. The van der Waals surface area contributed by atoms with Crippen LogP contribution in [0.3, 0.4) is 0 Å². The number of para-hydroxylation sites is 1. The van der Waals surface area contributed by atoms with Gasteiger partial charge in [0.15, 0.2) is 0 Å². The lowest BCUT2D eigenvalue weighted by molar-refractivity contribution is -0.114. The highest BCUT2D eigenvalue weighted by molar-refractivity contribution is 8.02. The van der Waals surface area contributed by atoms with Gasteiger partial charge < -0.3 is 4.90 Å². The fourth-order valence-corrected chi connectivity index (χ4v) is 3.02. The zero-order valence-corrected chi connectivity index (χ0v) is 11.8. The second-order valence-corrected chi connectivity index (χ2v) is 5.30. The molecule has 0 radical (unpaired) electrons. The zero-order chi connectivity index (χ0) is 13.4. The summed E-state index contributed by atoms with van der Waals surface area (Å²) in [6.07, 6.45) is 2.01. The standard InChI is InChI=1S/C14H15N3OS/c1-10-12(14(19-2)16-8-9-16)13(18)17(15-10)11-6-4-3-5-7-11/h3-7H,8-9H2,1-2H3/b14-12-. The van der Waals surface area contributed by atoms with Crippen LogP contribution in [0.25, 0.3) is 0 Å². The summed E-state index contributed by atoms with van der Waals surface area (Å²) in [6.45, 7) is 3.97. The van der Waals surface area contributed by atoms with Gasteiger partial charge in [-0.25, -0.2) is 0 Å². The first-order valence-electron chi connectivity index (χ1n) is 6.20. The number of nitrogens with zero attached hydrogens (tertiary/aromatic N) is 3. The van der Waals surface area contributed by atoms with E-state index in [1.165, 1.54) is 5.01 Å². The summed E-state index contributed by atoms with van der Waals surface area (Å²) in [5.41, 5.74) is 2.35. The number of carbonyl (C=O) groups is 1. The molecule has 0 unspecified atom stereocenters. The van der Waals surface area contributed by atoms with Crippen LogP contribution in [0.1, 0.15) is 6.92 Å². The lowest BCUT2D eigenvalue weighted by Crippen LogP contribution is -2.22. The number of benzene rings is 1. The Morgan fingerprint density at radius 1 is 1.26 bits per heavy atom. The first kappa shape index (κ1) is 12.3. The third-order valence-corrected chi connectivity index (χ3v) is 4.01. The van der Waals surface area contributed by atoms with Crippen molar-refractivity contribution in [2.75, 3.05) is 24.4 Å². The van der Waals surface area contributed by atoms with Gasteiger partial charge in [0.05, 0.1) is 22.0 Å². The number of thioether (sulfide) groups is 1. The van der Waals surface area contributed by atoms with Crippen molar-refractivity contribution in [3.63, 3.8) is 0 Å². The summed E-state index contributed by atoms with van der Waals surface area (Å²) < 4.78 is 0. The highest BCUT2D eigenvalue weighted by Crippen LogP contribution is 2.33. The molecule has 5 heteroatoms. The van der Waals surface area contributed by atoms with Gasteiger partial charge in [-0.15, -0.1) is 11.8 Å². The minimum Gasteiger partial charge on any atom is -0.362 e. The summed E-state index contributed by atoms with van der Waals surface area (Å²) in [4.78, 5) is 14.8. The first-order valence-corrected chi connectivity index (χ1v) is 7.43. The van der Waals surface area contributed by atoms with E-state index in [0.717, 1.165) is 35.1 Å². The van der Waals surface area contributed by atoms with Gasteiger partial charge in [0.1, 0.15) is 0 Å². The second-order valence-electron chi connectivity index (χ2n) is 4.51. The predicted octanol–water partition coefficient (Wildman–Crippen LogP) is 2.30. The van der Waals surface area contributed by atoms with Gasteiger partial charge in [-0.3, -0.25) is 4.79 Å². The Morgan fingerprint density at radius 2 is 1.95 bits per heavy atom. The Hall–Kier alpha value is -1.75. The molecule has 2 aliphatic heterocycles. The Balaban J connectivity index is 2.00. The molecule has 1 saturated heterocycles. The van der Waals surface area contributed by atoms with E-state index in [0.29, 0.717) is 0 Å². The summed E-state index contributed by atoms with van der Waals surface area (Å²) in [5, 5.41) is 6.94. The maximum Gasteiger partial charge on any atom is 0.283 e. The van der Waals surface area contributed by atoms with Crippen LogP contribution in [0.2, 0.25) is 0 Å². The molecule has 1 aromatic carbocycles. The van der Waals surface area contributed by atoms with Crippen molar-refractivity contribution < 1.29 is 4.79 Å². The first-order chi connectivity index (χ1) is 9.22. The minimum absolute atomic E-state index is 0.0278. The van der Waals surface area contributed by atoms with Gasteiger partial charge >= 0.3 is 0 Å². The number of hydrogen-bond acceptors (Lipinski definition) is 4. The number of hydrazone groups is 1. The van der Waals surface area contributed by atoms with Gasteiger partial charge in [-0.2, -0.15) is 10.1 Å². The molecule has 4 nitrogen and oxygen atoms in total. The smallest absolute Gasteiger partial charge is 0.283 e. The van der Waals surface area contributed by atoms with E-state index >= 15 is 0 Å². The SMILES string of the molecule is CS/C(=C1\C(=O)N(c2ccccc2)N=C1C)N1CC1. The van der Waals surface area contributed by atoms with E-state index in [1.807, 2.05) is 43.5 Å². The van der Waals surface area contributed by atoms with Crippen LogP contribution in [0.5, 0.6) is 0 Å². The van der Waals surface area contributed by atoms with Crippen molar-refractivity contribution in [1.29, 1.82) is 0 Å². The van der Waals surface area contributed by atoms with Crippen molar-refractivity contribution in [3.05, 3.63) is 40.9 Å². The van der Waals surface area contributed by atoms with Gasteiger partial charge in [-0.05, 0) is 25.3 Å². The van der Waals surface area contributed by atoms with Gasteiger partial charge in [-0.1, -0.05) is 18.2 Å². The van der Waals surface area contributed by atoms with Crippen LogP contribution in [-0.2, 0) is 4.79 Å². The van der Waals surface area contributed by atoms with E-state index in [-0.39, 0.29) is 5.91 Å². The van der Waals surface area contributed by atoms with Gasteiger partial charge in [0.25, 0.3) is 5.91 Å². The molecule has 0 atom stereocenters. The third-order valence-electron chi connectivity index (χ3n) is 3.16. The van der Waals surface area contributed by atoms with E-state index < -0.39 is 0 Å². The maximum absolute atomic E-state index is 12.6. The fraction of sp³-hybridized carbons (Fsp3) is 0.286. The molecule has 0 spiro atoms. The molecule has 1 amide bonds. The average Bonchev–Trinajstić information content (AvgIpc) is 3.22. The number of rotatable bonds is 3. The van der Waals surface area contributed by atoms with Crippen molar-refractivity contribution in [2.24, 2.45) is 5.10 Å². The quantitative estimate of drug-likeness (QED) is 0.626. The molecule has 3 rings (SSSR count). The van der Waals surface area contributed by atoms with Crippen molar-refractivity contribution >= 4 is 29.1 Å². The summed E-state index contributed by atoms with van der Waals surface area (Å²) in [5.74, 6) is -0.0278. The molecule has 1 fully saturated rings. The molecule has 0 N–H and O–H groups in total. The summed E-state index contributed by atoms with van der Waals surface area (Å²) in [7, 11) is 0. The highest BCUT2D eigenvalue weighted by Gasteiger charge is 2.35. The predicted molar refractivity (Wildman–Crippen MR) is 79.2 cm³/mol. The van der Waals surface area contributed by atoms with Crippen LogP contribution in [-0.4, -0.2) is 35.9 Å². The molecule has 1 aromatic rings. The Morgan fingerprint density at radius 3 is 2.53 bits per heavy atom. The zero-order valence-electron chi connectivity index (χ0n) is 11.0. The largest absolute Gasteiger partial charge is 0.362 e. The van der Waals surface area contributed by atoms with Crippen LogP contribution in [0.15, 0.2) is 46.0 Å². The molecule has 0 aromatic heterocycles. The summed E-state index contributed by atoms with van der Waals surface area (Å²) >= 11 is 1.62. The molecule has 19 heavy (non-hydrogen) atoms. The van der Waals surface area contributed by atoms with Crippen LogP contribution in [0.4, 0.5) is 5.69 Å². The maximum atomic E-state index is 12.6. The highest BCUT2D eigenvalue weighted by atomic mass is 32.2. The topological polar surface area (TPSA) is 35.7 Å². The Labute approximate surface area is 116 Å². The molecular weight excluding hydrogens is 258 g/mol. The van der Waals surface area contributed by atoms with Crippen LogP contribution < -0.4 is 5.01 Å². The lowest BCUT2D eigenvalue weighted by Gasteiger charge is -2.13. The number of amides is 1. The van der Waals surface area contributed by atoms with Crippen molar-refractivity contribution in [3.8, 4) is 0 Å². The van der Waals surface area contributed by atoms with Crippen LogP contribution in [0, 0.1) is 0 Å². The molecule has 0 saturated carbocycles. The normalized spacial score (nSPS) is 20.7. The van der Waals surface area contributed by atoms with E-state index in [4.69, 9.17) is 0 Å². The second kappa shape index (κ2) is 4.74. The molecule has 2 aliphatic rings. The van der Waals surface area contributed by atoms with Crippen molar-refractivity contribution in [1.82, 2.24) is 4.90 Å².